The number of hydrogen-bond acceptors (Lipinski definition) is 6. The molecule has 7 nitrogen and oxygen atoms in total. The van der Waals surface area contributed by atoms with Crippen LogP contribution in [0.3, 0.4) is 0 Å². The normalized spacial score (nSPS) is 15.6. The summed E-state index contributed by atoms with van der Waals surface area (Å²) >= 11 is 0. The van der Waals surface area contributed by atoms with E-state index in [1.165, 1.54) is 6.08 Å². The molecular weight excluding hydrogens is 386 g/mol. The second kappa shape index (κ2) is 8.49. The number of nitrogens with zero attached hydrogens (tertiary/aromatic N) is 1. The first-order chi connectivity index (χ1) is 14.6. The quantitative estimate of drug-likeness (QED) is 0.558. The molecule has 30 heavy (non-hydrogen) atoms. The van der Waals surface area contributed by atoms with E-state index in [0.29, 0.717) is 42.6 Å². The Labute approximate surface area is 174 Å². The number of fused-ring (bicyclic) bond motifs is 2. The molecule has 0 aliphatic carbocycles. The molecule has 2 aromatic carbocycles. The van der Waals surface area contributed by atoms with Crippen molar-refractivity contribution in [2.24, 2.45) is 0 Å². The second-order valence-electron chi connectivity index (χ2n) is 7.03. The first-order valence-electron chi connectivity index (χ1n) is 9.82. The van der Waals surface area contributed by atoms with Crippen LogP contribution in [0.2, 0.25) is 0 Å². The maximum Gasteiger partial charge on any atom is 0.331 e. The van der Waals surface area contributed by atoms with Crippen molar-refractivity contribution in [3.05, 3.63) is 53.6 Å². The number of methoxy groups -OCH3 is 1. The lowest BCUT2D eigenvalue weighted by atomic mass is 10.1. The summed E-state index contributed by atoms with van der Waals surface area (Å²) in [6.45, 7) is 3.08. The Hall–Kier alpha value is -3.48. The minimum Gasteiger partial charge on any atom is -0.493 e. The molecule has 0 bridgehead atoms. The van der Waals surface area contributed by atoms with E-state index in [1.807, 2.05) is 24.3 Å². The number of rotatable bonds is 5. The molecule has 0 aromatic heterocycles. The van der Waals surface area contributed by atoms with Crippen LogP contribution in [-0.4, -0.2) is 44.8 Å². The summed E-state index contributed by atoms with van der Waals surface area (Å²) in [4.78, 5) is 26.7. The Morgan fingerprint density at radius 3 is 2.80 bits per heavy atom. The number of amides is 1. The highest BCUT2D eigenvalue weighted by atomic mass is 16.6. The molecule has 0 saturated carbocycles. The van der Waals surface area contributed by atoms with E-state index in [4.69, 9.17) is 18.9 Å². The van der Waals surface area contributed by atoms with E-state index in [-0.39, 0.29) is 5.91 Å². The number of carbonyl (C=O) groups excluding carboxylic acids is 2. The Kier molecular flexibility index (Phi) is 5.61. The first kappa shape index (κ1) is 19.8. The number of hydrogen-bond donors (Lipinski definition) is 0. The molecule has 2 aliphatic heterocycles. The molecule has 0 unspecified atom stereocenters. The van der Waals surface area contributed by atoms with Crippen molar-refractivity contribution in [2.75, 3.05) is 31.8 Å². The van der Waals surface area contributed by atoms with Crippen molar-refractivity contribution in [2.45, 2.75) is 19.4 Å². The van der Waals surface area contributed by atoms with Crippen LogP contribution in [0, 0.1) is 0 Å². The lowest BCUT2D eigenvalue weighted by Crippen LogP contribution is -2.38. The molecule has 0 fully saturated rings. The topological polar surface area (TPSA) is 74.3 Å². The van der Waals surface area contributed by atoms with Crippen LogP contribution in [0.5, 0.6) is 17.2 Å². The van der Waals surface area contributed by atoms with E-state index in [2.05, 4.69) is 0 Å². The van der Waals surface area contributed by atoms with Gasteiger partial charge in [-0.25, -0.2) is 4.79 Å². The van der Waals surface area contributed by atoms with E-state index in [1.54, 1.807) is 37.1 Å². The first-order valence-corrected chi connectivity index (χ1v) is 9.82. The SMILES string of the molecule is COc1cc(/C=C/C(=O)O[C@@H](C)C(=O)N2CCc3ccccc32)cc2c1OCCO2. The van der Waals surface area contributed by atoms with Gasteiger partial charge in [-0.3, -0.25) is 4.79 Å². The average molecular weight is 409 g/mol. The predicted octanol–water partition coefficient (Wildman–Crippen LogP) is 3.00. The van der Waals surface area contributed by atoms with Crippen LogP contribution in [0.4, 0.5) is 5.69 Å². The maximum absolute atomic E-state index is 12.7. The molecule has 0 N–H and O–H groups in total. The van der Waals surface area contributed by atoms with Gasteiger partial charge in [0, 0.05) is 18.3 Å². The molecule has 4 rings (SSSR count). The van der Waals surface area contributed by atoms with Crippen LogP contribution in [0.1, 0.15) is 18.1 Å². The molecular formula is C23H23NO6. The summed E-state index contributed by atoms with van der Waals surface area (Å²) in [5.74, 6) is 0.801. The Balaban J connectivity index is 1.41. The number of esters is 1. The molecule has 2 aromatic rings. The minimum absolute atomic E-state index is 0.234. The molecule has 0 radical (unpaired) electrons. The van der Waals surface area contributed by atoms with Gasteiger partial charge in [0.05, 0.1) is 7.11 Å². The Morgan fingerprint density at radius 2 is 1.97 bits per heavy atom. The second-order valence-corrected chi connectivity index (χ2v) is 7.03. The van der Waals surface area contributed by atoms with Crippen molar-refractivity contribution >= 4 is 23.6 Å². The summed E-state index contributed by atoms with van der Waals surface area (Å²) in [5.41, 5.74) is 2.70. The Morgan fingerprint density at radius 1 is 1.17 bits per heavy atom. The summed E-state index contributed by atoms with van der Waals surface area (Å²) in [5, 5.41) is 0. The molecule has 7 heteroatoms. The smallest absolute Gasteiger partial charge is 0.331 e. The molecule has 1 atom stereocenters. The van der Waals surface area contributed by atoms with Gasteiger partial charge in [-0.1, -0.05) is 18.2 Å². The third kappa shape index (κ3) is 3.96. The lowest BCUT2D eigenvalue weighted by molar-refractivity contribution is -0.149. The monoisotopic (exact) mass is 409 g/mol. The zero-order valence-electron chi connectivity index (χ0n) is 16.9. The van der Waals surface area contributed by atoms with Crippen LogP contribution in [0.15, 0.2) is 42.5 Å². The van der Waals surface area contributed by atoms with Crippen molar-refractivity contribution < 1.29 is 28.5 Å². The third-order valence-electron chi connectivity index (χ3n) is 5.06. The molecule has 2 heterocycles. The number of carbonyl (C=O) groups is 2. The van der Waals surface area contributed by atoms with E-state index >= 15 is 0 Å². The fourth-order valence-corrected chi connectivity index (χ4v) is 3.60. The standard InChI is InChI=1S/C23H23NO6/c1-15(23(26)24-10-9-17-5-3-4-6-18(17)24)30-21(25)8-7-16-13-19(27-2)22-20(14-16)28-11-12-29-22/h3-8,13-15H,9-12H2,1-2H3/b8-7+/t15-/m0/s1. The number of benzene rings is 2. The van der Waals surface area contributed by atoms with E-state index < -0.39 is 12.1 Å². The highest BCUT2D eigenvalue weighted by Gasteiger charge is 2.29. The van der Waals surface area contributed by atoms with Crippen LogP contribution in [0.25, 0.3) is 6.08 Å². The highest BCUT2D eigenvalue weighted by molar-refractivity contribution is 6.00. The lowest BCUT2D eigenvalue weighted by Gasteiger charge is -2.21. The van der Waals surface area contributed by atoms with Gasteiger partial charge in [0.1, 0.15) is 13.2 Å². The van der Waals surface area contributed by atoms with Gasteiger partial charge in [-0.15, -0.1) is 0 Å². The molecule has 2 aliphatic rings. The fourth-order valence-electron chi connectivity index (χ4n) is 3.60. The molecule has 0 spiro atoms. The van der Waals surface area contributed by atoms with Gasteiger partial charge in [-0.05, 0) is 48.7 Å². The van der Waals surface area contributed by atoms with Crippen molar-refractivity contribution in [3.8, 4) is 17.2 Å². The average Bonchev–Trinajstić information content (AvgIpc) is 3.20. The van der Waals surface area contributed by atoms with E-state index in [9.17, 15) is 9.59 Å². The van der Waals surface area contributed by atoms with Crippen LogP contribution < -0.4 is 19.1 Å². The van der Waals surface area contributed by atoms with Crippen LogP contribution >= 0.6 is 0 Å². The van der Waals surface area contributed by atoms with Crippen molar-refractivity contribution in [3.63, 3.8) is 0 Å². The fraction of sp³-hybridized carbons (Fsp3) is 0.304. The zero-order valence-corrected chi connectivity index (χ0v) is 16.9. The van der Waals surface area contributed by atoms with Crippen molar-refractivity contribution in [1.82, 2.24) is 0 Å². The van der Waals surface area contributed by atoms with Crippen LogP contribution in [-0.2, 0) is 20.7 Å². The zero-order chi connectivity index (χ0) is 21.1. The highest BCUT2D eigenvalue weighted by Crippen LogP contribution is 2.40. The molecule has 1 amide bonds. The maximum atomic E-state index is 12.7. The largest absolute Gasteiger partial charge is 0.493 e. The summed E-state index contributed by atoms with van der Waals surface area (Å²) < 4.78 is 21.8. The predicted molar refractivity (Wildman–Crippen MR) is 111 cm³/mol. The van der Waals surface area contributed by atoms with E-state index in [0.717, 1.165) is 17.7 Å². The minimum atomic E-state index is -0.886. The van der Waals surface area contributed by atoms with Gasteiger partial charge >= 0.3 is 5.97 Å². The van der Waals surface area contributed by atoms with Gasteiger partial charge in [-0.2, -0.15) is 0 Å². The summed E-state index contributed by atoms with van der Waals surface area (Å²) in [6, 6.07) is 11.3. The molecule has 156 valence electrons. The molecule has 0 saturated heterocycles. The van der Waals surface area contributed by atoms with Gasteiger partial charge < -0.3 is 23.8 Å². The third-order valence-corrected chi connectivity index (χ3v) is 5.06. The van der Waals surface area contributed by atoms with Gasteiger partial charge in [0.25, 0.3) is 5.91 Å². The van der Waals surface area contributed by atoms with Gasteiger partial charge in [0.2, 0.25) is 5.75 Å². The summed E-state index contributed by atoms with van der Waals surface area (Å²) in [7, 11) is 1.54. The number of ether oxygens (including phenoxy) is 4. The number of anilines is 1. The Bertz CT molecular complexity index is 982. The van der Waals surface area contributed by atoms with Crippen molar-refractivity contribution in [1.29, 1.82) is 0 Å². The summed E-state index contributed by atoms with van der Waals surface area (Å²) in [6.07, 6.45) is 2.79. The number of para-hydroxylation sites is 1. The van der Waals surface area contributed by atoms with Gasteiger partial charge in [0.15, 0.2) is 17.6 Å².